The summed E-state index contributed by atoms with van der Waals surface area (Å²) in [6.45, 7) is 12.2. The number of nitrogens with one attached hydrogen (secondary N) is 2. The molecule has 0 aliphatic carbocycles. The summed E-state index contributed by atoms with van der Waals surface area (Å²) < 4.78 is 10.4. The third-order valence-electron chi connectivity index (χ3n) is 6.11. The summed E-state index contributed by atoms with van der Waals surface area (Å²) in [5.74, 6) is -1.73. The minimum absolute atomic E-state index is 0.0233. The zero-order valence-electron chi connectivity index (χ0n) is 25.0. The van der Waals surface area contributed by atoms with E-state index < -0.39 is 47.6 Å². The average molecular weight is 570 g/mol. The van der Waals surface area contributed by atoms with E-state index in [9.17, 15) is 24.3 Å². The Labute approximate surface area is 242 Å². The molecule has 0 fully saturated rings. The van der Waals surface area contributed by atoms with Crippen LogP contribution in [-0.4, -0.2) is 64.7 Å². The highest BCUT2D eigenvalue weighted by Crippen LogP contribution is 2.33. The van der Waals surface area contributed by atoms with Gasteiger partial charge in [-0.2, -0.15) is 0 Å². The number of aryl methyl sites for hydroxylation is 1. The number of amides is 3. The number of esters is 1. The van der Waals surface area contributed by atoms with Gasteiger partial charge < -0.3 is 30.1 Å². The first-order valence-corrected chi connectivity index (χ1v) is 13.8. The Kier molecular flexibility index (Phi) is 12.2. The third kappa shape index (κ3) is 10.1. The fourth-order valence-electron chi connectivity index (χ4n) is 4.30. The summed E-state index contributed by atoms with van der Waals surface area (Å²) in [6, 6.07) is 11.3. The normalized spacial score (nSPS) is 12.7. The molecule has 0 saturated heterocycles. The fraction of sp³-hybridized carbons (Fsp3) is 0.484. The van der Waals surface area contributed by atoms with E-state index in [4.69, 9.17) is 9.47 Å². The predicted molar refractivity (Wildman–Crippen MR) is 155 cm³/mol. The van der Waals surface area contributed by atoms with Crippen LogP contribution in [-0.2, 0) is 30.3 Å². The Balaban J connectivity index is 2.52. The van der Waals surface area contributed by atoms with E-state index in [0.29, 0.717) is 5.56 Å². The van der Waals surface area contributed by atoms with Crippen molar-refractivity contribution < 1.29 is 33.8 Å². The molecular weight excluding hydrogens is 526 g/mol. The number of benzene rings is 2. The Morgan fingerprint density at radius 3 is 2.24 bits per heavy atom. The molecule has 10 heteroatoms. The first-order chi connectivity index (χ1) is 19.2. The number of carbonyl (C=O) groups excluding carboxylic acids is 4. The molecule has 224 valence electrons. The second-order valence-electron chi connectivity index (χ2n) is 11.0. The van der Waals surface area contributed by atoms with E-state index in [1.54, 1.807) is 66.7 Å². The van der Waals surface area contributed by atoms with Gasteiger partial charge in [-0.05, 0) is 59.6 Å². The molecule has 0 aliphatic rings. The monoisotopic (exact) mass is 569 g/mol. The number of phenolic OH excluding ortho intramolecular Hbond substituents is 1. The third-order valence-corrected chi connectivity index (χ3v) is 6.11. The van der Waals surface area contributed by atoms with Crippen molar-refractivity contribution in [3.8, 4) is 5.75 Å². The summed E-state index contributed by atoms with van der Waals surface area (Å²) in [4.78, 5) is 54.0. The number of nitrogens with zero attached hydrogens (tertiary/aromatic N) is 1. The van der Waals surface area contributed by atoms with Crippen LogP contribution in [0.3, 0.4) is 0 Å². The highest BCUT2D eigenvalue weighted by molar-refractivity contribution is 5.93. The van der Waals surface area contributed by atoms with Crippen molar-refractivity contribution in [2.45, 2.75) is 85.0 Å². The number of hydrogen-bond donors (Lipinski definition) is 3. The maximum absolute atomic E-state index is 14.3. The van der Waals surface area contributed by atoms with Crippen LogP contribution < -0.4 is 10.6 Å². The van der Waals surface area contributed by atoms with Crippen molar-refractivity contribution in [2.75, 3.05) is 13.2 Å². The van der Waals surface area contributed by atoms with Crippen LogP contribution in [0.2, 0.25) is 0 Å². The first kappa shape index (κ1) is 33.1. The quantitative estimate of drug-likeness (QED) is 0.327. The lowest BCUT2D eigenvalue weighted by Crippen LogP contribution is -2.55. The van der Waals surface area contributed by atoms with E-state index in [2.05, 4.69) is 10.6 Å². The number of phenols is 1. The van der Waals surface area contributed by atoms with Crippen LogP contribution in [0.5, 0.6) is 5.75 Å². The van der Waals surface area contributed by atoms with Crippen molar-refractivity contribution >= 4 is 23.9 Å². The van der Waals surface area contributed by atoms with Crippen molar-refractivity contribution in [3.05, 3.63) is 65.2 Å². The number of rotatable bonds is 12. The zero-order chi connectivity index (χ0) is 30.7. The van der Waals surface area contributed by atoms with Gasteiger partial charge in [0, 0.05) is 24.6 Å². The highest BCUT2D eigenvalue weighted by Gasteiger charge is 2.39. The van der Waals surface area contributed by atoms with Crippen molar-refractivity contribution in [3.63, 3.8) is 0 Å². The minimum atomic E-state index is -1.26. The van der Waals surface area contributed by atoms with E-state index >= 15 is 0 Å². The van der Waals surface area contributed by atoms with Gasteiger partial charge in [-0.25, -0.2) is 4.79 Å². The molecule has 0 bridgehead atoms. The van der Waals surface area contributed by atoms with E-state index in [-0.39, 0.29) is 37.3 Å². The largest absolute Gasteiger partial charge is 0.507 e. The van der Waals surface area contributed by atoms with E-state index in [1.165, 1.54) is 4.90 Å². The Morgan fingerprint density at radius 1 is 1.00 bits per heavy atom. The minimum Gasteiger partial charge on any atom is -0.507 e. The molecule has 2 aromatic rings. The van der Waals surface area contributed by atoms with Crippen LogP contribution >= 0.6 is 0 Å². The highest BCUT2D eigenvalue weighted by atomic mass is 16.6. The van der Waals surface area contributed by atoms with Crippen LogP contribution in [0.1, 0.15) is 70.7 Å². The van der Waals surface area contributed by atoms with Gasteiger partial charge >= 0.3 is 12.1 Å². The number of aromatic hydroxyl groups is 1. The lowest BCUT2D eigenvalue weighted by atomic mass is 9.97. The molecule has 2 atom stereocenters. The topological polar surface area (TPSA) is 134 Å². The van der Waals surface area contributed by atoms with Gasteiger partial charge in [0.05, 0.1) is 13.0 Å². The number of para-hydroxylation sites is 1. The molecule has 2 unspecified atom stereocenters. The second-order valence-corrected chi connectivity index (χ2v) is 11.0. The van der Waals surface area contributed by atoms with Gasteiger partial charge in [0.15, 0.2) is 0 Å². The van der Waals surface area contributed by atoms with Gasteiger partial charge in [0.2, 0.25) is 11.8 Å². The average Bonchev–Trinajstić information content (AvgIpc) is 2.87. The molecule has 0 radical (unpaired) electrons. The van der Waals surface area contributed by atoms with Gasteiger partial charge in [0.25, 0.3) is 0 Å². The zero-order valence-corrected chi connectivity index (χ0v) is 25.0. The predicted octanol–water partition coefficient (Wildman–Crippen LogP) is 4.18. The van der Waals surface area contributed by atoms with E-state index in [0.717, 1.165) is 5.56 Å². The Morgan fingerprint density at radius 2 is 1.66 bits per heavy atom. The van der Waals surface area contributed by atoms with Crippen LogP contribution in [0.25, 0.3) is 0 Å². The summed E-state index contributed by atoms with van der Waals surface area (Å²) >= 11 is 0. The van der Waals surface area contributed by atoms with Crippen molar-refractivity contribution in [1.82, 2.24) is 15.5 Å². The molecule has 3 N–H and O–H groups in total. The molecule has 2 rings (SSSR count). The van der Waals surface area contributed by atoms with Crippen LogP contribution in [0, 0.1) is 6.92 Å². The van der Waals surface area contributed by atoms with Crippen LogP contribution in [0.4, 0.5) is 4.79 Å². The maximum atomic E-state index is 14.3. The van der Waals surface area contributed by atoms with Crippen molar-refractivity contribution in [1.29, 1.82) is 0 Å². The summed E-state index contributed by atoms with van der Waals surface area (Å²) in [7, 11) is 0. The summed E-state index contributed by atoms with van der Waals surface area (Å²) in [6.07, 6.45) is -0.693. The molecule has 0 aromatic heterocycles. The Hall–Kier alpha value is -4.08. The van der Waals surface area contributed by atoms with E-state index in [1.807, 2.05) is 30.3 Å². The SMILES string of the molecule is CCOC(=O)CCNC(=O)C(c1cccc(C)c1O)N(C(=O)C(Cc1ccccc1)NC(=O)OC(C)(C)C)C(C)C. The van der Waals surface area contributed by atoms with Crippen molar-refractivity contribution in [2.24, 2.45) is 0 Å². The summed E-state index contributed by atoms with van der Waals surface area (Å²) in [5, 5.41) is 16.4. The molecule has 0 spiro atoms. The lowest BCUT2D eigenvalue weighted by molar-refractivity contribution is -0.145. The molecule has 3 amide bonds. The second kappa shape index (κ2) is 15.1. The number of carbonyl (C=O) groups is 4. The molecule has 0 saturated carbocycles. The fourth-order valence-corrected chi connectivity index (χ4v) is 4.30. The molecule has 41 heavy (non-hydrogen) atoms. The molecular formula is C31H43N3O7. The smallest absolute Gasteiger partial charge is 0.408 e. The van der Waals surface area contributed by atoms with Gasteiger partial charge in [0.1, 0.15) is 23.4 Å². The standard InChI is InChI=1S/C31H43N3O7/c1-8-40-25(35)17-18-32-28(37)26(23-16-12-13-21(4)27(23)36)34(20(2)3)29(38)24(19-22-14-10-9-11-15-22)33-30(39)41-31(5,6)7/h9-16,20,24,26,36H,8,17-19H2,1-7H3,(H,32,37)(H,33,39). The van der Waals surface area contributed by atoms with Crippen LogP contribution in [0.15, 0.2) is 48.5 Å². The number of ether oxygens (including phenoxy) is 2. The number of alkyl carbamates (subject to hydrolysis) is 1. The molecule has 10 nitrogen and oxygen atoms in total. The Bertz CT molecular complexity index is 1190. The summed E-state index contributed by atoms with van der Waals surface area (Å²) in [5.41, 5.74) is 0.739. The number of hydrogen-bond acceptors (Lipinski definition) is 7. The van der Waals surface area contributed by atoms with Gasteiger partial charge in [-0.15, -0.1) is 0 Å². The molecule has 0 heterocycles. The van der Waals surface area contributed by atoms with Gasteiger partial charge in [-0.3, -0.25) is 14.4 Å². The lowest BCUT2D eigenvalue weighted by Gasteiger charge is -2.37. The maximum Gasteiger partial charge on any atom is 0.408 e. The molecule has 2 aromatic carbocycles. The molecule has 0 aliphatic heterocycles. The first-order valence-electron chi connectivity index (χ1n) is 13.8. The van der Waals surface area contributed by atoms with Gasteiger partial charge in [-0.1, -0.05) is 48.5 Å².